The van der Waals surface area contributed by atoms with E-state index in [1.165, 1.54) is 6.07 Å². The minimum Gasteiger partial charge on any atom is -0.332 e. The molecule has 0 radical (unpaired) electrons. The molecule has 0 amide bonds. The highest BCUT2D eigenvalue weighted by Crippen LogP contribution is 2.33. The second-order valence-corrected chi connectivity index (χ2v) is 7.87. The summed E-state index contributed by atoms with van der Waals surface area (Å²) in [6.07, 6.45) is 2.06. The number of pyridine rings is 1. The van der Waals surface area contributed by atoms with Crippen LogP contribution >= 0.6 is 11.6 Å². The number of hydrogen-bond acceptors (Lipinski definition) is 1. The van der Waals surface area contributed by atoms with Crippen LogP contribution in [0.15, 0.2) is 43.1 Å². The summed E-state index contributed by atoms with van der Waals surface area (Å²) in [5, 5.41) is 1.14. The van der Waals surface area contributed by atoms with Crippen LogP contribution in [-0.2, 0) is 6.54 Å². The van der Waals surface area contributed by atoms with E-state index in [1.807, 2.05) is 12.1 Å². The Morgan fingerprint density at radius 1 is 1.19 bits per heavy atom. The van der Waals surface area contributed by atoms with E-state index in [1.54, 1.807) is 6.07 Å². The summed E-state index contributed by atoms with van der Waals surface area (Å²) in [6.45, 7) is 13.6. The van der Waals surface area contributed by atoms with Crippen LogP contribution in [0, 0.1) is 17.7 Å². The normalized spacial score (nSPS) is 11.7. The number of hydrogen-bond donors (Lipinski definition) is 0. The van der Waals surface area contributed by atoms with Crippen LogP contribution in [0.3, 0.4) is 0 Å². The second kappa shape index (κ2) is 7.24. The molecule has 0 bridgehead atoms. The molecule has 0 spiro atoms. The van der Waals surface area contributed by atoms with E-state index in [2.05, 4.69) is 51.1 Å². The average molecular weight is 371 g/mol. The first-order valence-electron chi connectivity index (χ1n) is 8.92. The van der Waals surface area contributed by atoms with Gasteiger partial charge >= 0.3 is 0 Å². The summed E-state index contributed by atoms with van der Waals surface area (Å²) in [5.41, 5.74) is 4.60. The zero-order chi connectivity index (χ0) is 19.0. The number of halogens is 2. The number of aromatic nitrogens is 2. The van der Waals surface area contributed by atoms with Crippen molar-refractivity contribution in [1.82, 2.24) is 9.55 Å². The molecule has 0 aliphatic carbocycles. The summed E-state index contributed by atoms with van der Waals surface area (Å²) < 4.78 is 16.1. The van der Waals surface area contributed by atoms with Gasteiger partial charge in [0, 0.05) is 23.7 Å². The van der Waals surface area contributed by atoms with Crippen LogP contribution in [0.25, 0.3) is 27.7 Å². The number of fused-ring (bicyclic) bond motifs is 1. The minimum absolute atomic E-state index is 0.133. The Bertz CT molecular complexity index is 970. The lowest BCUT2D eigenvalue weighted by Gasteiger charge is -2.11. The van der Waals surface area contributed by atoms with Crippen molar-refractivity contribution in [3.8, 4) is 11.1 Å². The van der Waals surface area contributed by atoms with Gasteiger partial charge in [-0.05, 0) is 47.2 Å². The van der Waals surface area contributed by atoms with E-state index in [-0.39, 0.29) is 5.02 Å². The Morgan fingerprint density at radius 3 is 2.54 bits per heavy atom. The third kappa shape index (κ3) is 3.54. The lowest BCUT2D eigenvalue weighted by molar-refractivity contribution is 0.533. The molecule has 4 heteroatoms. The molecule has 2 aromatic heterocycles. The first-order chi connectivity index (χ1) is 12.3. The smallest absolute Gasteiger partial charge is 0.142 e. The van der Waals surface area contributed by atoms with Crippen molar-refractivity contribution in [1.29, 1.82) is 0 Å². The fourth-order valence-electron chi connectivity index (χ4n) is 3.06. The Kier molecular flexibility index (Phi) is 5.19. The molecular formula is C22H24ClFN2. The minimum atomic E-state index is -0.410. The number of allylic oxidation sites excluding steroid dienone is 1. The number of benzene rings is 1. The van der Waals surface area contributed by atoms with Crippen molar-refractivity contribution in [2.45, 2.75) is 34.2 Å². The van der Waals surface area contributed by atoms with Crippen LogP contribution in [0.4, 0.5) is 4.39 Å². The number of rotatable bonds is 5. The van der Waals surface area contributed by atoms with E-state index in [0.717, 1.165) is 40.0 Å². The van der Waals surface area contributed by atoms with Gasteiger partial charge in [-0.25, -0.2) is 9.37 Å². The molecule has 3 aromatic rings. The van der Waals surface area contributed by atoms with Crippen molar-refractivity contribution in [3.05, 3.63) is 59.6 Å². The van der Waals surface area contributed by atoms with Crippen LogP contribution in [0.2, 0.25) is 5.02 Å². The van der Waals surface area contributed by atoms with E-state index < -0.39 is 5.82 Å². The summed E-state index contributed by atoms with van der Waals surface area (Å²) in [5.74, 6) is 0.393. The first-order valence-corrected chi connectivity index (χ1v) is 9.30. The van der Waals surface area contributed by atoms with E-state index in [9.17, 15) is 4.39 Å². The Labute approximate surface area is 159 Å². The molecule has 0 N–H and O–H groups in total. The zero-order valence-corrected chi connectivity index (χ0v) is 16.4. The van der Waals surface area contributed by atoms with Crippen molar-refractivity contribution in [3.63, 3.8) is 0 Å². The Hall–Kier alpha value is -2.13. The van der Waals surface area contributed by atoms with E-state index >= 15 is 0 Å². The fraction of sp³-hybridized carbons (Fsp3) is 0.318. The average Bonchev–Trinajstić information content (AvgIpc) is 2.94. The lowest BCUT2D eigenvalue weighted by Crippen LogP contribution is -2.04. The molecule has 26 heavy (non-hydrogen) atoms. The predicted octanol–water partition coefficient (Wildman–Crippen LogP) is 6.82. The molecule has 0 atom stereocenters. The quantitative estimate of drug-likeness (QED) is 0.481. The van der Waals surface area contributed by atoms with Crippen molar-refractivity contribution in [2.75, 3.05) is 0 Å². The predicted molar refractivity (Wildman–Crippen MR) is 109 cm³/mol. The van der Waals surface area contributed by atoms with Gasteiger partial charge in [0.2, 0.25) is 0 Å². The highest BCUT2D eigenvalue weighted by atomic mass is 35.5. The van der Waals surface area contributed by atoms with Crippen LogP contribution in [0.5, 0.6) is 0 Å². The summed E-state index contributed by atoms with van der Waals surface area (Å²) in [6, 6.07) is 8.99. The van der Waals surface area contributed by atoms with Crippen molar-refractivity contribution in [2.24, 2.45) is 11.8 Å². The zero-order valence-electron chi connectivity index (χ0n) is 15.7. The van der Waals surface area contributed by atoms with E-state index in [4.69, 9.17) is 16.6 Å². The summed E-state index contributed by atoms with van der Waals surface area (Å²) in [4.78, 5) is 4.88. The van der Waals surface area contributed by atoms with Gasteiger partial charge in [-0.15, -0.1) is 0 Å². The van der Waals surface area contributed by atoms with Gasteiger partial charge in [0.1, 0.15) is 11.5 Å². The highest BCUT2D eigenvalue weighted by molar-refractivity contribution is 6.30. The van der Waals surface area contributed by atoms with Crippen molar-refractivity contribution >= 4 is 28.2 Å². The van der Waals surface area contributed by atoms with E-state index in [0.29, 0.717) is 11.8 Å². The molecule has 0 saturated heterocycles. The maximum atomic E-state index is 14.0. The SMILES string of the molecule is C=C(c1ccc2c(-c3ccc(Cl)c(F)c3)cn(CC(C)C)c2n1)C(C)C. The maximum absolute atomic E-state index is 14.0. The molecule has 1 aromatic carbocycles. The van der Waals surface area contributed by atoms with Gasteiger partial charge in [0.05, 0.1) is 10.7 Å². The van der Waals surface area contributed by atoms with Gasteiger partial charge in [-0.1, -0.05) is 51.9 Å². The van der Waals surface area contributed by atoms with Crippen molar-refractivity contribution < 1.29 is 4.39 Å². The molecule has 2 nitrogen and oxygen atoms in total. The largest absolute Gasteiger partial charge is 0.332 e. The topological polar surface area (TPSA) is 17.8 Å². The molecule has 0 aliphatic heterocycles. The molecular weight excluding hydrogens is 347 g/mol. The maximum Gasteiger partial charge on any atom is 0.142 e. The van der Waals surface area contributed by atoms with Gasteiger partial charge < -0.3 is 4.57 Å². The van der Waals surface area contributed by atoms with Crippen LogP contribution in [-0.4, -0.2) is 9.55 Å². The molecule has 136 valence electrons. The van der Waals surface area contributed by atoms with Crippen LogP contribution in [0.1, 0.15) is 33.4 Å². The first kappa shape index (κ1) is 18.7. The van der Waals surface area contributed by atoms with Gasteiger partial charge in [-0.2, -0.15) is 0 Å². The molecule has 3 rings (SSSR count). The molecule has 0 aliphatic rings. The Morgan fingerprint density at radius 2 is 1.92 bits per heavy atom. The third-order valence-corrected chi connectivity index (χ3v) is 4.85. The summed E-state index contributed by atoms with van der Waals surface area (Å²) >= 11 is 5.84. The fourth-order valence-corrected chi connectivity index (χ4v) is 3.18. The Balaban J connectivity index is 2.21. The lowest BCUT2D eigenvalue weighted by atomic mass is 10.0. The summed E-state index contributed by atoms with van der Waals surface area (Å²) in [7, 11) is 0. The molecule has 0 unspecified atom stereocenters. The number of nitrogens with zero attached hydrogens (tertiary/aromatic N) is 2. The molecule has 0 saturated carbocycles. The molecule has 2 heterocycles. The highest BCUT2D eigenvalue weighted by Gasteiger charge is 2.16. The second-order valence-electron chi connectivity index (χ2n) is 7.47. The monoisotopic (exact) mass is 370 g/mol. The standard InChI is InChI=1S/C22H24ClFN2/c1-13(2)11-26-12-18(16-6-8-19(23)20(24)10-16)17-7-9-21(25-22(17)26)15(5)14(3)4/h6-10,12-14H,5,11H2,1-4H3. The third-order valence-electron chi connectivity index (χ3n) is 4.54. The molecule has 0 fully saturated rings. The van der Waals surface area contributed by atoms with Gasteiger partial charge in [0.15, 0.2) is 0 Å². The van der Waals surface area contributed by atoms with Crippen LogP contribution < -0.4 is 0 Å². The van der Waals surface area contributed by atoms with Gasteiger partial charge in [-0.3, -0.25) is 0 Å². The van der Waals surface area contributed by atoms with Gasteiger partial charge in [0.25, 0.3) is 0 Å².